The summed E-state index contributed by atoms with van der Waals surface area (Å²) in [7, 11) is 1.96. The van der Waals surface area contributed by atoms with Crippen molar-refractivity contribution in [2.45, 2.75) is 26.4 Å². The Morgan fingerprint density at radius 3 is 3.00 bits per heavy atom. The zero-order valence-corrected chi connectivity index (χ0v) is 13.7. The predicted octanol–water partition coefficient (Wildman–Crippen LogP) is 2.49. The Balaban J connectivity index is 1.76. The Kier molecular flexibility index (Phi) is 4.30. The van der Waals surface area contributed by atoms with Crippen molar-refractivity contribution in [3.05, 3.63) is 41.0 Å². The maximum Gasteiger partial charge on any atom is 0.163 e. The second kappa shape index (κ2) is 6.39. The second-order valence-corrected chi connectivity index (χ2v) is 5.94. The van der Waals surface area contributed by atoms with E-state index in [9.17, 15) is 0 Å². The summed E-state index contributed by atoms with van der Waals surface area (Å²) in [4.78, 5) is 4.08. The molecule has 0 radical (unpaired) electrons. The van der Waals surface area contributed by atoms with E-state index in [1.807, 2.05) is 30.8 Å². The van der Waals surface area contributed by atoms with E-state index in [0.29, 0.717) is 11.6 Å². The van der Waals surface area contributed by atoms with Crippen molar-refractivity contribution in [3.8, 4) is 6.07 Å². The van der Waals surface area contributed by atoms with Crippen molar-refractivity contribution in [1.29, 1.82) is 5.26 Å². The van der Waals surface area contributed by atoms with Gasteiger partial charge in [-0.3, -0.25) is 4.68 Å². The van der Waals surface area contributed by atoms with Gasteiger partial charge in [0.1, 0.15) is 6.07 Å². The molecule has 0 amide bonds. The molecule has 0 bridgehead atoms. The summed E-state index contributed by atoms with van der Waals surface area (Å²) < 4.78 is 7.91. The quantitative estimate of drug-likeness (QED) is 0.939. The number of ether oxygens (including phenoxy) is 1. The third-order valence-corrected chi connectivity index (χ3v) is 4.53. The van der Waals surface area contributed by atoms with Crippen molar-refractivity contribution in [3.63, 3.8) is 0 Å². The number of hydrogen-bond donors (Lipinski definition) is 1. The summed E-state index contributed by atoms with van der Waals surface area (Å²) in [5.41, 5.74) is 4.58. The summed E-state index contributed by atoms with van der Waals surface area (Å²) in [5.74, 6) is 0.350. The lowest BCUT2D eigenvalue weighted by molar-refractivity contribution is 0.0922. The molecule has 2 aromatic heterocycles. The van der Waals surface area contributed by atoms with E-state index in [2.05, 4.69) is 28.4 Å². The second-order valence-electron chi connectivity index (χ2n) is 5.94. The van der Waals surface area contributed by atoms with Gasteiger partial charge in [-0.15, -0.1) is 0 Å². The van der Waals surface area contributed by atoms with Crippen LogP contribution in [0.1, 0.15) is 35.2 Å². The third-order valence-electron chi connectivity index (χ3n) is 4.53. The topological polar surface area (TPSA) is 75.8 Å². The van der Waals surface area contributed by atoms with Crippen LogP contribution in [0.3, 0.4) is 0 Å². The van der Waals surface area contributed by atoms with Gasteiger partial charge in [-0.25, -0.2) is 4.98 Å². The van der Waals surface area contributed by atoms with Crippen LogP contribution in [0.2, 0.25) is 0 Å². The van der Waals surface area contributed by atoms with Gasteiger partial charge in [-0.2, -0.15) is 10.4 Å². The first kappa shape index (κ1) is 15.5. The lowest BCUT2D eigenvalue weighted by Crippen LogP contribution is -2.19. The normalized spacial score (nSPS) is 20.4. The average Bonchev–Trinajstić information content (AvgIpc) is 3.10. The van der Waals surface area contributed by atoms with Crippen molar-refractivity contribution in [2.24, 2.45) is 13.0 Å². The van der Waals surface area contributed by atoms with Gasteiger partial charge in [0, 0.05) is 43.6 Å². The molecule has 2 atom stereocenters. The smallest absolute Gasteiger partial charge is 0.163 e. The minimum Gasteiger partial charge on any atom is -0.382 e. The molecule has 1 N–H and O–H groups in total. The van der Waals surface area contributed by atoms with E-state index < -0.39 is 0 Å². The Hall–Kier alpha value is -2.39. The number of rotatable bonds is 4. The van der Waals surface area contributed by atoms with E-state index in [1.54, 1.807) is 6.20 Å². The van der Waals surface area contributed by atoms with Crippen LogP contribution in [-0.2, 0) is 11.8 Å². The average molecular weight is 311 g/mol. The maximum atomic E-state index is 9.13. The highest BCUT2D eigenvalue weighted by molar-refractivity contribution is 5.53. The largest absolute Gasteiger partial charge is 0.382 e. The number of aryl methyl sites for hydroxylation is 2. The summed E-state index contributed by atoms with van der Waals surface area (Å²) in [5, 5.41) is 17.0. The van der Waals surface area contributed by atoms with Crippen molar-refractivity contribution < 1.29 is 4.74 Å². The molecule has 2 aromatic rings. The zero-order chi connectivity index (χ0) is 16.4. The molecule has 1 aliphatic rings. The van der Waals surface area contributed by atoms with Gasteiger partial charge in [0.05, 0.1) is 17.5 Å². The standard InChI is InChI=1S/C17H21N5O/c1-11-16(12(2)22(3)21-11)17-13(6-8-23-17)10-20-14-5-4-7-19-15(14)9-18/h4-5,7,13,17,20H,6,8,10H2,1-3H3/t13-,17+/m1/s1. The SMILES string of the molecule is Cc1nn(C)c(C)c1[C@H]1OCC[C@@H]1CNc1cccnc1C#N. The van der Waals surface area contributed by atoms with Crippen LogP contribution in [0.4, 0.5) is 5.69 Å². The molecule has 1 saturated heterocycles. The van der Waals surface area contributed by atoms with Gasteiger partial charge in [0.15, 0.2) is 5.69 Å². The number of nitrogens with one attached hydrogen (secondary N) is 1. The molecule has 3 rings (SSSR count). The highest BCUT2D eigenvalue weighted by Crippen LogP contribution is 2.37. The van der Waals surface area contributed by atoms with Crippen molar-refractivity contribution >= 4 is 5.69 Å². The Labute approximate surface area is 136 Å². The highest BCUT2D eigenvalue weighted by atomic mass is 16.5. The van der Waals surface area contributed by atoms with E-state index in [0.717, 1.165) is 36.6 Å². The fraction of sp³-hybridized carbons (Fsp3) is 0.471. The van der Waals surface area contributed by atoms with Gasteiger partial charge in [-0.05, 0) is 32.4 Å². The van der Waals surface area contributed by atoms with Gasteiger partial charge < -0.3 is 10.1 Å². The molecule has 0 unspecified atom stereocenters. The molecule has 1 fully saturated rings. The lowest BCUT2D eigenvalue weighted by Gasteiger charge is -2.20. The lowest BCUT2D eigenvalue weighted by atomic mass is 9.94. The number of hydrogen-bond acceptors (Lipinski definition) is 5. The van der Waals surface area contributed by atoms with Crippen LogP contribution in [0, 0.1) is 31.1 Å². The summed E-state index contributed by atoms with van der Waals surface area (Å²) in [6.07, 6.45) is 2.68. The maximum absolute atomic E-state index is 9.13. The molecule has 120 valence electrons. The predicted molar refractivity (Wildman–Crippen MR) is 86.9 cm³/mol. The fourth-order valence-corrected chi connectivity index (χ4v) is 3.24. The number of nitriles is 1. The molecule has 0 aliphatic carbocycles. The van der Waals surface area contributed by atoms with E-state index >= 15 is 0 Å². The molecule has 6 heteroatoms. The minimum absolute atomic E-state index is 0.0541. The first-order chi connectivity index (χ1) is 11.1. The van der Waals surface area contributed by atoms with Crippen LogP contribution in [0.25, 0.3) is 0 Å². The van der Waals surface area contributed by atoms with Gasteiger partial charge in [0.2, 0.25) is 0 Å². The molecular formula is C17H21N5O. The number of pyridine rings is 1. The van der Waals surface area contributed by atoms with Crippen LogP contribution in [0.15, 0.2) is 18.3 Å². The van der Waals surface area contributed by atoms with Crippen LogP contribution < -0.4 is 5.32 Å². The molecule has 0 spiro atoms. The molecular weight excluding hydrogens is 290 g/mol. The summed E-state index contributed by atoms with van der Waals surface area (Å²) in [6, 6.07) is 5.84. The fourth-order valence-electron chi connectivity index (χ4n) is 3.24. The highest BCUT2D eigenvalue weighted by Gasteiger charge is 2.33. The number of aromatic nitrogens is 3. The molecule has 6 nitrogen and oxygen atoms in total. The van der Waals surface area contributed by atoms with Crippen molar-refractivity contribution in [2.75, 3.05) is 18.5 Å². The molecule has 0 aromatic carbocycles. The molecule has 3 heterocycles. The molecule has 23 heavy (non-hydrogen) atoms. The van der Waals surface area contributed by atoms with E-state index in [-0.39, 0.29) is 6.10 Å². The van der Waals surface area contributed by atoms with E-state index in [1.165, 1.54) is 5.56 Å². The minimum atomic E-state index is 0.0541. The Morgan fingerprint density at radius 2 is 2.30 bits per heavy atom. The summed E-state index contributed by atoms with van der Waals surface area (Å²) in [6.45, 7) is 5.61. The molecule has 1 aliphatic heterocycles. The third kappa shape index (κ3) is 2.92. The van der Waals surface area contributed by atoms with Crippen molar-refractivity contribution in [1.82, 2.24) is 14.8 Å². The Morgan fingerprint density at radius 1 is 1.48 bits per heavy atom. The molecule has 0 saturated carbocycles. The first-order valence-electron chi connectivity index (χ1n) is 7.82. The first-order valence-corrected chi connectivity index (χ1v) is 7.82. The van der Waals surface area contributed by atoms with Gasteiger partial charge in [-0.1, -0.05) is 0 Å². The van der Waals surface area contributed by atoms with Crippen LogP contribution in [0.5, 0.6) is 0 Å². The van der Waals surface area contributed by atoms with Gasteiger partial charge in [0.25, 0.3) is 0 Å². The number of nitrogens with zero attached hydrogens (tertiary/aromatic N) is 4. The van der Waals surface area contributed by atoms with Gasteiger partial charge >= 0.3 is 0 Å². The Bertz CT molecular complexity index is 746. The van der Waals surface area contributed by atoms with E-state index in [4.69, 9.17) is 10.00 Å². The number of anilines is 1. The van der Waals surface area contributed by atoms with Crippen LogP contribution in [-0.4, -0.2) is 27.9 Å². The summed E-state index contributed by atoms with van der Waals surface area (Å²) >= 11 is 0. The van der Waals surface area contributed by atoms with Crippen LogP contribution >= 0.6 is 0 Å². The monoisotopic (exact) mass is 311 g/mol. The zero-order valence-electron chi connectivity index (χ0n) is 13.7.